The summed E-state index contributed by atoms with van der Waals surface area (Å²) in [5, 5.41) is 0. The summed E-state index contributed by atoms with van der Waals surface area (Å²) >= 11 is -8.56. The summed E-state index contributed by atoms with van der Waals surface area (Å²) in [6.45, 7) is 0. The van der Waals surface area contributed by atoms with E-state index in [-0.39, 0.29) is 0 Å². The summed E-state index contributed by atoms with van der Waals surface area (Å²) in [5.74, 6) is 0. The topological polar surface area (TPSA) is 102 Å². The Morgan fingerprint density at radius 3 is 0.500 bits per heavy atom. The quantitative estimate of drug-likeness (QED) is 0.536. The summed E-state index contributed by atoms with van der Waals surface area (Å²) < 4.78 is 51.7. The van der Waals surface area contributed by atoms with Crippen LogP contribution in [-0.2, 0) is 6.64 Å². The average Bonchev–Trinajstić information content (AvgIpc) is 1.25. The van der Waals surface area contributed by atoms with Crippen molar-refractivity contribution >= 4 is 0 Å². The van der Waals surface area contributed by atoms with Crippen LogP contribution in [0.5, 0.6) is 0 Å². The van der Waals surface area contributed by atoms with Crippen LogP contribution in [0.2, 0.25) is 0 Å². The third kappa shape index (κ3) is 144. The fourth-order valence-corrected chi connectivity index (χ4v) is 0. The molecule has 6 nitrogen and oxygen atoms in total. The van der Waals surface area contributed by atoms with Crippen molar-refractivity contribution in [2.45, 2.75) is 0 Å². The molecule has 0 heterocycles. The van der Waals surface area contributed by atoms with Gasteiger partial charge in [0.25, 0.3) is 0 Å². The summed E-state index contributed by atoms with van der Waals surface area (Å²) in [6.07, 6.45) is 0. The van der Waals surface area contributed by atoms with Crippen molar-refractivity contribution < 1.29 is 75.8 Å². The van der Waals surface area contributed by atoms with Crippen molar-refractivity contribution in [1.82, 2.24) is 0 Å². The van der Waals surface area contributed by atoms with E-state index in [1.165, 1.54) is 0 Å². The predicted molar refractivity (Wildman–Crippen MR) is 4.12 cm³/mol. The van der Waals surface area contributed by atoms with Crippen molar-refractivity contribution in [1.29, 1.82) is 0 Å². The molecule has 0 N–H and O–H groups in total. The molecule has 0 radical (unpaired) electrons. The molecule has 0 unspecified atom stereocenters. The summed E-state index contributed by atoms with van der Waals surface area (Å²) in [7, 11) is 0. The number of hydrogen-bond acceptors (Lipinski definition) is 6. The van der Waals surface area contributed by atoms with Gasteiger partial charge in [0.1, 0.15) is 0 Å². The molecular formula is O6Sm2. The van der Waals surface area contributed by atoms with Crippen LogP contribution in [0.25, 0.3) is 0 Å². The maximum atomic E-state index is 8.61. The molecule has 0 aliphatic rings. The Kier molecular flexibility index (Phi) is 12.9. The van der Waals surface area contributed by atoms with Gasteiger partial charge in [-0.3, -0.25) is 0 Å². The van der Waals surface area contributed by atoms with Crippen LogP contribution in [0.15, 0.2) is 0 Å². The van der Waals surface area contributed by atoms with Crippen molar-refractivity contribution in [3.63, 3.8) is 0 Å². The molecule has 0 aromatic carbocycles. The Morgan fingerprint density at radius 2 is 0.500 bits per heavy atom. The second-order valence-corrected chi connectivity index (χ2v) is 3.03. The van der Waals surface area contributed by atoms with Gasteiger partial charge in [-0.1, -0.05) is 0 Å². The van der Waals surface area contributed by atoms with Crippen LogP contribution in [0, 0.1) is 69.2 Å². The van der Waals surface area contributed by atoms with Crippen LogP contribution >= 0.6 is 0 Å². The Bertz CT molecular complexity index is 175. The molecule has 0 aromatic heterocycles. The Balaban J connectivity index is 0. The van der Waals surface area contributed by atoms with Gasteiger partial charge in [-0.2, -0.15) is 0 Å². The second kappa shape index (κ2) is 8.48. The van der Waals surface area contributed by atoms with Crippen LogP contribution in [0.3, 0.4) is 0 Å². The molecule has 0 aromatic rings. The minimum atomic E-state index is -4.28. The summed E-state index contributed by atoms with van der Waals surface area (Å²) in [5.41, 5.74) is 0. The van der Waals surface area contributed by atoms with Gasteiger partial charge < -0.3 is 0 Å². The van der Waals surface area contributed by atoms with Gasteiger partial charge >= 0.3 is 75.8 Å². The predicted octanol–water partition coefficient (Wildman–Crippen LogP) is -0.713. The first kappa shape index (κ1) is 12.2. The molecule has 0 bridgehead atoms. The average molecular weight is 397 g/mol. The van der Waals surface area contributed by atoms with Gasteiger partial charge in [0.2, 0.25) is 0 Å². The molecule has 0 saturated carbocycles. The fourth-order valence-electron chi connectivity index (χ4n) is 0. The molecule has 0 aliphatic heterocycles. The minimum absolute atomic E-state index is 4.28. The molecule has 0 amide bonds. The summed E-state index contributed by atoms with van der Waals surface area (Å²) in [6, 6.07) is 0. The van der Waals surface area contributed by atoms with E-state index < -0.39 is 69.2 Å². The van der Waals surface area contributed by atoms with E-state index in [9.17, 15) is 0 Å². The molecule has 48 valence electrons. The van der Waals surface area contributed by atoms with Gasteiger partial charge in [-0.05, 0) is 0 Å². The first-order chi connectivity index (χ1) is 3.46. The third-order valence-corrected chi connectivity index (χ3v) is 0. The van der Waals surface area contributed by atoms with Crippen molar-refractivity contribution in [3.05, 3.63) is 0 Å². The van der Waals surface area contributed by atoms with Crippen molar-refractivity contribution in [2.24, 2.45) is 0 Å². The first-order valence-electron chi connectivity index (χ1n) is 1.00. The van der Waals surface area contributed by atoms with Crippen LogP contribution in [0.1, 0.15) is 0 Å². The maximum absolute atomic E-state index is 8.61. The fraction of sp³-hybridized carbons (Fsp3) is 0. The first-order valence-corrected chi connectivity index (χ1v) is 7.42. The van der Waals surface area contributed by atoms with E-state index in [2.05, 4.69) is 0 Å². The van der Waals surface area contributed by atoms with Crippen LogP contribution in [0.4, 0.5) is 0 Å². The van der Waals surface area contributed by atoms with E-state index in [1.54, 1.807) is 0 Å². The molecule has 0 spiro atoms. The normalized spacial score (nSPS) is 6.00. The van der Waals surface area contributed by atoms with E-state index in [4.69, 9.17) is 6.64 Å². The van der Waals surface area contributed by atoms with Crippen molar-refractivity contribution in [2.75, 3.05) is 0 Å². The molecular weight excluding hydrogens is 397 g/mol. The van der Waals surface area contributed by atoms with Gasteiger partial charge in [0.15, 0.2) is 0 Å². The summed E-state index contributed by atoms with van der Waals surface area (Å²) in [4.78, 5) is 0. The Labute approximate surface area is 73.6 Å². The third-order valence-electron chi connectivity index (χ3n) is 0. The molecule has 8 heavy (non-hydrogen) atoms. The van der Waals surface area contributed by atoms with Crippen molar-refractivity contribution in [3.8, 4) is 0 Å². The Hall–Kier alpha value is 1.48. The van der Waals surface area contributed by atoms with Crippen LogP contribution in [-0.4, -0.2) is 0 Å². The zero-order valence-electron chi connectivity index (χ0n) is 3.27. The van der Waals surface area contributed by atoms with Gasteiger partial charge in [0.05, 0.1) is 0 Å². The van der Waals surface area contributed by atoms with Gasteiger partial charge in [-0.15, -0.1) is 0 Å². The number of hydrogen-bond donors (Lipinski definition) is 0. The van der Waals surface area contributed by atoms with E-state index in [1.807, 2.05) is 0 Å². The SMILES string of the molecule is [O]=[Sm](=[O])=[O].[O]=[Sm](=[O])=[O]. The molecule has 0 saturated heterocycles. The zero-order valence-corrected chi connectivity index (χ0v) is 8.50. The standard InChI is InChI=1S/6O.2Sm. The number of rotatable bonds is 0. The monoisotopic (exact) mass is 400 g/mol. The van der Waals surface area contributed by atoms with Crippen LogP contribution < -0.4 is 0 Å². The van der Waals surface area contributed by atoms with E-state index in [0.29, 0.717) is 0 Å². The molecule has 0 aliphatic carbocycles. The second-order valence-electron chi connectivity index (χ2n) is 0.408. The van der Waals surface area contributed by atoms with Gasteiger partial charge in [0, 0.05) is 0 Å². The molecule has 0 rings (SSSR count). The zero-order chi connectivity index (χ0) is 7.15. The van der Waals surface area contributed by atoms with Gasteiger partial charge in [-0.25, -0.2) is 0 Å². The Morgan fingerprint density at radius 1 is 0.500 bits per heavy atom. The molecule has 0 fully saturated rings. The van der Waals surface area contributed by atoms with E-state index in [0.717, 1.165) is 0 Å². The van der Waals surface area contributed by atoms with E-state index >= 15 is 0 Å². The molecule has 0 atom stereocenters. The molecule has 8 heteroatoms.